The average molecular weight is 171 g/mol. The molecule has 1 fully saturated rings. The van der Waals surface area contributed by atoms with Crippen LogP contribution in [0.5, 0.6) is 0 Å². The van der Waals surface area contributed by atoms with Gasteiger partial charge in [0.15, 0.2) is 5.78 Å². The Kier molecular flexibility index (Phi) is 2.62. The third-order valence-corrected chi connectivity index (χ3v) is 2.22. The summed E-state index contributed by atoms with van der Waals surface area (Å²) in [6.07, 6.45) is -0.536. The Hall–Kier alpha value is -0.700. The van der Waals surface area contributed by atoms with Crippen LogP contribution in [0.1, 0.15) is 13.3 Å². The minimum absolute atomic E-state index is 0.0300. The SMILES string of the molecule is C=C(C)C(=O)C1CC(F)CN1C. The third-order valence-electron chi connectivity index (χ3n) is 2.22. The summed E-state index contributed by atoms with van der Waals surface area (Å²) in [6.45, 7) is 5.59. The predicted molar refractivity (Wildman–Crippen MR) is 45.8 cm³/mol. The van der Waals surface area contributed by atoms with Crippen LogP contribution in [0.4, 0.5) is 4.39 Å². The fourth-order valence-electron chi connectivity index (χ4n) is 1.53. The smallest absolute Gasteiger partial charge is 0.175 e. The van der Waals surface area contributed by atoms with Gasteiger partial charge in [-0.25, -0.2) is 4.39 Å². The monoisotopic (exact) mass is 171 g/mol. The summed E-state index contributed by atoms with van der Waals surface area (Å²) in [7, 11) is 1.77. The van der Waals surface area contributed by atoms with Crippen molar-refractivity contribution < 1.29 is 9.18 Å². The molecule has 2 unspecified atom stereocenters. The van der Waals surface area contributed by atoms with Gasteiger partial charge in [0.05, 0.1) is 6.04 Å². The number of rotatable bonds is 2. The van der Waals surface area contributed by atoms with Crippen LogP contribution in [0.3, 0.4) is 0 Å². The number of nitrogens with zero attached hydrogens (tertiary/aromatic N) is 1. The highest BCUT2D eigenvalue weighted by molar-refractivity contribution is 5.98. The van der Waals surface area contributed by atoms with Crippen molar-refractivity contribution in [3.05, 3.63) is 12.2 Å². The summed E-state index contributed by atoms with van der Waals surface area (Å²) in [6, 6.07) is -0.280. The van der Waals surface area contributed by atoms with E-state index in [0.717, 1.165) is 0 Å². The van der Waals surface area contributed by atoms with Crippen LogP contribution in [0, 0.1) is 0 Å². The average Bonchev–Trinajstić information content (AvgIpc) is 2.28. The predicted octanol–water partition coefficient (Wildman–Crippen LogP) is 1.17. The maximum absolute atomic E-state index is 12.8. The molecule has 0 saturated carbocycles. The van der Waals surface area contributed by atoms with Gasteiger partial charge in [-0.05, 0) is 19.5 Å². The first-order valence-corrected chi connectivity index (χ1v) is 4.06. The molecule has 0 amide bonds. The lowest BCUT2D eigenvalue weighted by atomic mass is 10.1. The fourth-order valence-corrected chi connectivity index (χ4v) is 1.53. The van der Waals surface area contributed by atoms with Crippen molar-refractivity contribution in [2.45, 2.75) is 25.6 Å². The number of likely N-dealkylation sites (N-methyl/N-ethyl adjacent to an activating group) is 1. The van der Waals surface area contributed by atoms with E-state index in [2.05, 4.69) is 6.58 Å². The minimum atomic E-state index is -0.858. The number of likely N-dealkylation sites (tertiary alicyclic amines) is 1. The van der Waals surface area contributed by atoms with Gasteiger partial charge < -0.3 is 0 Å². The maximum atomic E-state index is 12.8. The van der Waals surface area contributed by atoms with E-state index in [-0.39, 0.29) is 11.8 Å². The second kappa shape index (κ2) is 3.35. The third kappa shape index (κ3) is 1.72. The number of carbonyl (C=O) groups is 1. The molecule has 0 aromatic rings. The van der Waals surface area contributed by atoms with E-state index < -0.39 is 6.17 Å². The van der Waals surface area contributed by atoms with Crippen LogP contribution in [0.2, 0.25) is 0 Å². The molecular formula is C9H14FNO. The Morgan fingerprint density at radius 3 is 2.58 bits per heavy atom. The van der Waals surface area contributed by atoms with Gasteiger partial charge in [0, 0.05) is 13.0 Å². The number of alkyl halides is 1. The molecule has 0 bridgehead atoms. The topological polar surface area (TPSA) is 20.3 Å². The first-order valence-electron chi connectivity index (χ1n) is 4.06. The summed E-state index contributed by atoms with van der Waals surface area (Å²) >= 11 is 0. The van der Waals surface area contributed by atoms with Gasteiger partial charge in [-0.2, -0.15) is 0 Å². The van der Waals surface area contributed by atoms with E-state index in [1.807, 2.05) is 0 Å². The molecule has 0 N–H and O–H groups in total. The van der Waals surface area contributed by atoms with Gasteiger partial charge in [0.25, 0.3) is 0 Å². The molecule has 68 valence electrons. The summed E-state index contributed by atoms with van der Waals surface area (Å²) in [5.74, 6) is -0.0300. The van der Waals surface area contributed by atoms with E-state index in [1.165, 1.54) is 0 Å². The fraction of sp³-hybridized carbons (Fsp3) is 0.667. The van der Waals surface area contributed by atoms with E-state index in [1.54, 1.807) is 18.9 Å². The second-order valence-electron chi connectivity index (χ2n) is 3.43. The second-order valence-corrected chi connectivity index (χ2v) is 3.43. The molecule has 1 aliphatic heterocycles. The number of carbonyl (C=O) groups excluding carboxylic acids is 1. The molecule has 1 heterocycles. The Bertz CT molecular complexity index is 215. The van der Waals surface area contributed by atoms with Crippen LogP contribution >= 0.6 is 0 Å². The lowest BCUT2D eigenvalue weighted by Crippen LogP contribution is -2.33. The molecule has 2 atom stereocenters. The Balaban J connectivity index is 2.64. The number of hydrogen-bond acceptors (Lipinski definition) is 2. The quantitative estimate of drug-likeness (QED) is 0.581. The molecule has 0 aromatic heterocycles. The van der Waals surface area contributed by atoms with Crippen molar-refractivity contribution in [2.24, 2.45) is 0 Å². The molecule has 1 rings (SSSR count). The van der Waals surface area contributed by atoms with E-state index in [4.69, 9.17) is 0 Å². The number of hydrogen-bond donors (Lipinski definition) is 0. The highest BCUT2D eigenvalue weighted by atomic mass is 19.1. The molecule has 12 heavy (non-hydrogen) atoms. The molecule has 2 nitrogen and oxygen atoms in total. The Morgan fingerprint density at radius 2 is 2.25 bits per heavy atom. The van der Waals surface area contributed by atoms with Crippen LogP contribution in [0.15, 0.2) is 12.2 Å². The molecule has 0 aliphatic carbocycles. The van der Waals surface area contributed by atoms with E-state index >= 15 is 0 Å². The maximum Gasteiger partial charge on any atom is 0.175 e. The number of ketones is 1. The first kappa shape index (κ1) is 9.39. The summed E-state index contributed by atoms with van der Waals surface area (Å²) in [5, 5.41) is 0. The summed E-state index contributed by atoms with van der Waals surface area (Å²) < 4.78 is 12.8. The van der Waals surface area contributed by atoms with Crippen molar-refractivity contribution in [1.82, 2.24) is 4.90 Å². The Morgan fingerprint density at radius 1 is 1.67 bits per heavy atom. The molecule has 0 radical (unpaired) electrons. The first-order chi connectivity index (χ1) is 5.52. The van der Waals surface area contributed by atoms with Crippen molar-refractivity contribution in [3.8, 4) is 0 Å². The molecule has 1 saturated heterocycles. The largest absolute Gasteiger partial charge is 0.293 e. The summed E-state index contributed by atoms with van der Waals surface area (Å²) in [4.78, 5) is 13.1. The van der Waals surface area contributed by atoms with E-state index in [0.29, 0.717) is 18.5 Å². The zero-order chi connectivity index (χ0) is 9.30. The van der Waals surface area contributed by atoms with Gasteiger partial charge in [0.1, 0.15) is 6.17 Å². The van der Waals surface area contributed by atoms with Crippen LogP contribution in [-0.4, -0.2) is 36.5 Å². The number of halogens is 1. The van der Waals surface area contributed by atoms with E-state index in [9.17, 15) is 9.18 Å². The highest BCUT2D eigenvalue weighted by Crippen LogP contribution is 2.20. The normalized spacial score (nSPS) is 30.6. The Labute approximate surface area is 72.1 Å². The minimum Gasteiger partial charge on any atom is -0.293 e. The van der Waals surface area contributed by atoms with Gasteiger partial charge in [-0.3, -0.25) is 9.69 Å². The molecular weight excluding hydrogens is 157 g/mol. The zero-order valence-corrected chi connectivity index (χ0v) is 7.51. The molecule has 0 aromatic carbocycles. The standard InChI is InChI=1S/C9H14FNO/c1-6(2)9(12)8-4-7(10)5-11(8)3/h7-8H,1,4-5H2,2-3H3. The molecule has 0 spiro atoms. The van der Waals surface area contributed by atoms with Gasteiger partial charge >= 0.3 is 0 Å². The molecule has 3 heteroatoms. The van der Waals surface area contributed by atoms with Gasteiger partial charge in [-0.1, -0.05) is 6.58 Å². The lowest BCUT2D eigenvalue weighted by molar-refractivity contribution is -0.119. The van der Waals surface area contributed by atoms with Crippen LogP contribution in [0.25, 0.3) is 0 Å². The molecule has 1 aliphatic rings. The van der Waals surface area contributed by atoms with Crippen LogP contribution in [-0.2, 0) is 4.79 Å². The zero-order valence-electron chi connectivity index (χ0n) is 7.51. The highest BCUT2D eigenvalue weighted by Gasteiger charge is 2.34. The van der Waals surface area contributed by atoms with Crippen molar-refractivity contribution in [1.29, 1.82) is 0 Å². The van der Waals surface area contributed by atoms with Crippen molar-refractivity contribution in [3.63, 3.8) is 0 Å². The lowest BCUT2D eigenvalue weighted by Gasteiger charge is -2.16. The van der Waals surface area contributed by atoms with Gasteiger partial charge in [-0.15, -0.1) is 0 Å². The summed E-state index contributed by atoms with van der Waals surface area (Å²) in [5.41, 5.74) is 0.515. The van der Waals surface area contributed by atoms with Crippen molar-refractivity contribution >= 4 is 5.78 Å². The van der Waals surface area contributed by atoms with Crippen LogP contribution < -0.4 is 0 Å². The van der Waals surface area contributed by atoms with Crippen molar-refractivity contribution in [2.75, 3.05) is 13.6 Å². The number of Topliss-reactive ketones (excluding diaryl/α,β-unsaturated/α-hetero) is 1. The van der Waals surface area contributed by atoms with Gasteiger partial charge in [0.2, 0.25) is 0 Å².